The van der Waals surface area contributed by atoms with Crippen LogP contribution in [0.1, 0.15) is 37.8 Å². The molecule has 0 aromatic heterocycles. The molecule has 0 atom stereocenters. The molecule has 0 aliphatic heterocycles. The molecule has 1 aromatic rings. The number of benzene rings is 1. The average molecular weight is 234 g/mol. The van der Waals surface area contributed by atoms with Crippen molar-refractivity contribution in [3.8, 4) is 0 Å². The first-order valence-corrected chi connectivity index (χ1v) is 6.71. The Kier molecular flexibility index (Phi) is 6.90. The fourth-order valence-corrected chi connectivity index (χ4v) is 1.89. The van der Waals surface area contributed by atoms with Gasteiger partial charge in [-0.15, -0.1) is 0 Å². The Morgan fingerprint density at radius 3 is 2.29 bits per heavy atom. The van der Waals surface area contributed by atoms with Crippen LogP contribution in [0.5, 0.6) is 0 Å². The molecule has 1 rings (SSSR count). The maximum atomic E-state index is 5.45. The standard InChI is InChI=1S/C15H26N2/c1-13(2)11-14-5-7-15(8-6-14)12-17-10-4-3-9-16/h5-8,13,17H,3-4,9-12,16H2,1-2H3. The Bertz CT molecular complexity index is 290. The van der Waals surface area contributed by atoms with Crippen LogP contribution in [0.3, 0.4) is 0 Å². The van der Waals surface area contributed by atoms with Crippen molar-refractivity contribution in [1.29, 1.82) is 0 Å². The van der Waals surface area contributed by atoms with Gasteiger partial charge in [-0.1, -0.05) is 38.1 Å². The van der Waals surface area contributed by atoms with Gasteiger partial charge in [-0.25, -0.2) is 0 Å². The van der Waals surface area contributed by atoms with Crippen molar-refractivity contribution in [2.45, 2.75) is 39.7 Å². The van der Waals surface area contributed by atoms with Gasteiger partial charge in [-0.3, -0.25) is 0 Å². The van der Waals surface area contributed by atoms with E-state index in [1.54, 1.807) is 0 Å². The molecule has 0 spiro atoms. The maximum absolute atomic E-state index is 5.45. The molecule has 0 aliphatic carbocycles. The van der Waals surface area contributed by atoms with Gasteiger partial charge < -0.3 is 11.1 Å². The van der Waals surface area contributed by atoms with Gasteiger partial charge in [0.05, 0.1) is 0 Å². The van der Waals surface area contributed by atoms with Gasteiger partial charge in [0.25, 0.3) is 0 Å². The van der Waals surface area contributed by atoms with E-state index in [1.165, 1.54) is 24.0 Å². The highest BCUT2D eigenvalue weighted by atomic mass is 14.8. The van der Waals surface area contributed by atoms with Crippen molar-refractivity contribution >= 4 is 0 Å². The van der Waals surface area contributed by atoms with Crippen LogP contribution < -0.4 is 11.1 Å². The fourth-order valence-electron chi connectivity index (χ4n) is 1.89. The van der Waals surface area contributed by atoms with Gasteiger partial charge in [0.15, 0.2) is 0 Å². The summed E-state index contributed by atoms with van der Waals surface area (Å²) in [5, 5.41) is 3.44. The molecule has 0 saturated heterocycles. The van der Waals surface area contributed by atoms with E-state index in [1.807, 2.05) is 0 Å². The minimum Gasteiger partial charge on any atom is -0.330 e. The molecule has 96 valence electrons. The van der Waals surface area contributed by atoms with Gasteiger partial charge in [0, 0.05) is 6.54 Å². The predicted molar refractivity (Wildman–Crippen MR) is 75.0 cm³/mol. The van der Waals surface area contributed by atoms with E-state index in [-0.39, 0.29) is 0 Å². The first-order valence-electron chi connectivity index (χ1n) is 6.71. The van der Waals surface area contributed by atoms with Gasteiger partial charge in [0.1, 0.15) is 0 Å². The van der Waals surface area contributed by atoms with E-state index >= 15 is 0 Å². The van der Waals surface area contributed by atoms with Crippen LogP contribution in [-0.2, 0) is 13.0 Å². The zero-order chi connectivity index (χ0) is 12.5. The predicted octanol–water partition coefficient (Wildman–Crippen LogP) is 2.71. The molecule has 3 N–H and O–H groups in total. The Hall–Kier alpha value is -0.860. The smallest absolute Gasteiger partial charge is 0.0205 e. The van der Waals surface area contributed by atoms with Crippen LogP contribution >= 0.6 is 0 Å². The van der Waals surface area contributed by atoms with Gasteiger partial charge in [-0.2, -0.15) is 0 Å². The first-order chi connectivity index (χ1) is 8.22. The van der Waals surface area contributed by atoms with Crippen LogP contribution in [-0.4, -0.2) is 13.1 Å². The third kappa shape index (κ3) is 6.44. The largest absolute Gasteiger partial charge is 0.330 e. The van der Waals surface area contributed by atoms with Crippen molar-refractivity contribution in [3.05, 3.63) is 35.4 Å². The van der Waals surface area contributed by atoms with E-state index in [0.717, 1.165) is 32.0 Å². The summed E-state index contributed by atoms with van der Waals surface area (Å²) in [6.07, 6.45) is 3.45. The quantitative estimate of drug-likeness (QED) is 0.679. The zero-order valence-corrected chi connectivity index (χ0v) is 11.2. The van der Waals surface area contributed by atoms with Crippen LogP contribution in [0.2, 0.25) is 0 Å². The minimum absolute atomic E-state index is 0.732. The molecule has 0 bridgehead atoms. The molecule has 0 radical (unpaired) electrons. The summed E-state index contributed by atoms with van der Waals surface area (Å²) >= 11 is 0. The lowest BCUT2D eigenvalue weighted by molar-refractivity contribution is 0.626. The van der Waals surface area contributed by atoms with Crippen molar-refractivity contribution in [3.63, 3.8) is 0 Å². The Morgan fingerprint density at radius 1 is 1.06 bits per heavy atom. The topological polar surface area (TPSA) is 38.0 Å². The third-order valence-corrected chi connectivity index (χ3v) is 2.80. The number of rotatable bonds is 8. The van der Waals surface area contributed by atoms with E-state index in [2.05, 4.69) is 43.4 Å². The molecule has 17 heavy (non-hydrogen) atoms. The van der Waals surface area contributed by atoms with E-state index in [4.69, 9.17) is 5.73 Å². The first kappa shape index (κ1) is 14.2. The normalized spacial score (nSPS) is 11.1. The van der Waals surface area contributed by atoms with E-state index in [9.17, 15) is 0 Å². The summed E-state index contributed by atoms with van der Waals surface area (Å²) in [7, 11) is 0. The molecule has 0 heterocycles. The summed E-state index contributed by atoms with van der Waals surface area (Å²) in [6.45, 7) is 7.34. The Labute approximate surface area is 106 Å². The number of nitrogens with one attached hydrogen (secondary N) is 1. The number of hydrogen-bond donors (Lipinski definition) is 2. The minimum atomic E-state index is 0.732. The maximum Gasteiger partial charge on any atom is 0.0205 e. The third-order valence-electron chi connectivity index (χ3n) is 2.80. The van der Waals surface area contributed by atoms with Crippen LogP contribution in [0, 0.1) is 5.92 Å². The summed E-state index contributed by atoms with van der Waals surface area (Å²) in [6, 6.07) is 8.95. The monoisotopic (exact) mass is 234 g/mol. The van der Waals surface area contributed by atoms with Crippen molar-refractivity contribution < 1.29 is 0 Å². The molecule has 2 nitrogen and oxygen atoms in total. The van der Waals surface area contributed by atoms with Crippen molar-refractivity contribution in [2.24, 2.45) is 11.7 Å². The lowest BCUT2D eigenvalue weighted by Crippen LogP contribution is -2.15. The molecular weight excluding hydrogens is 208 g/mol. The van der Waals surface area contributed by atoms with Crippen LogP contribution in [0.15, 0.2) is 24.3 Å². The number of nitrogens with two attached hydrogens (primary N) is 1. The molecule has 0 saturated carbocycles. The molecule has 1 aromatic carbocycles. The Balaban J connectivity index is 2.25. The zero-order valence-electron chi connectivity index (χ0n) is 11.2. The SMILES string of the molecule is CC(C)Cc1ccc(CNCCCCN)cc1. The van der Waals surface area contributed by atoms with Crippen molar-refractivity contribution in [1.82, 2.24) is 5.32 Å². The highest BCUT2D eigenvalue weighted by molar-refractivity contribution is 5.22. The molecule has 0 unspecified atom stereocenters. The number of hydrogen-bond acceptors (Lipinski definition) is 2. The lowest BCUT2D eigenvalue weighted by atomic mass is 10.0. The fraction of sp³-hybridized carbons (Fsp3) is 0.600. The summed E-state index contributed by atoms with van der Waals surface area (Å²) in [5.74, 6) is 0.732. The van der Waals surface area contributed by atoms with Gasteiger partial charge in [-0.05, 0) is 49.4 Å². The lowest BCUT2D eigenvalue weighted by Gasteiger charge is -2.07. The van der Waals surface area contributed by atoms with Gasteiger partial charge >= 0.3 is 0 Å². The second kappa shape index (κ2) is 8.26. The second-order valence-electron chi connectivity index (χ2n) is 5.09. The molecule has 0 aliphatic rings. The Morgan fingerprint density at radius 2 is 1.71 bits per heavy atom. The van der Waals surface area contributed by atoms with Gasteiger partial charge in [0.2, 0.25) is 0 Å². The number of unbranched alkanes of at least 4 members (excludes halogenated alkanes) is 1. The highest BCUT2D eigenvalue weighted by Gasteiger charge is 1.98. The van der Waals surface area contributed by atoms with Crippen molar-refractivity contribution in [2.75, 3.05) is 13.1 Å². The molecule has 0 fully saturated rings. The summed E-state index contributed by atoms with van der Waals surface area (Å²) < 4.78 is 0. The highest BCUT2D eigenvalue weighted by Crippen LogP contribution is 2.09. The molecule has 2 heteroatoms. The average Bonchev–Trinajstić information content (AvgIpc) is 2.30. The van der Waals surface area contributed by atoms with E-state index in [0.29, 0.717) is 0 Å². The molecular formula is C15H26N2. The van der Waals surface area contributed by atoms with Crippen LogP contribution in [0.25, 0.3) is 0 Å². The summed E-state index contributed by atoms with van der Waals surface area (Å²) in [4.78, 5) is 0. The van der Waals surface area contributed by atoms with E-state index < -0.39 is 0 Å². The van der Waals surface area contributed by atoms with Crippen LogP contribution in [0.4, 0.5) is 0 Å². The summed E-state index contributed by atoms with van der Waals surface area (Å²) in [5.41, 5.74) is 8.25. The second-order valence-corrected chi connectivity index (χ2v) is 5.09. The molecule has 0 amide bonds.